The molecule has 1 amide bonds. The van der Waals surface area contributed by atoms with E-state index in [0.717, 1.165) is 0 Å². The predicted molar refractivity (Wildman–Crippen MR) is 86.9 cm³/mol. The van der Waals surface area contributed by atoms with E-state index in [4.69, 9.17) is 25.1 Å². The average Bonchev–Trinajstić information content (AvgIpc) is 3.06. The van der Waals surface area contributed by atoms with E-state index in [0.29, 0.717) is 19.3 Å². The van der Waals surface area contributed by atoms with Crippen molar-refractivity contribution < 1.29 is 33.8 Å². The molecule has 1 aromatic rings. The van der Waals surface area contributed by atoms with Crippen LogP contribution in [-0.4, -0.2) is 41.5 Å². The van der Waals surface area contributed by atoms with Crippen LogP contribution in [0.4, 0.5) is 10.5 Å². The number of hydrogen-bond donors (Lipinski definition) is 3. The van der Waals surface area contributed by atoms with Gasteiger partial charge in [0.1, 0.15) is 12.6 Å². The zero-order chi connectivity index (χ0) is 19.1. The van der Waals surface area contributed by atoms with E-state index in [2.05, 4.69) is 5.32 Å². The Morgan fingerprint density at radius 1 is 1.38 bits per heavy atom. The number of carbonyl (C=O) groups is 2. The van der Waals surface area contributed by atoms with E-state index >= 15 is 0 Å². The summed E-state index contributed by atoms with van der Waals surface area (Å²) in [6.45, 7) is -0.135. The number of nitrogens with zero attached hydrogens (tertiary/aromatic N) is 1. The Balaban J connectivity index is 1.78. The summed E-state index contributed by atoms with van der Waals surface area (Å²) in [7, 11) is 0. The highest BCUT2D eigenvalue weighted by Crippen LogP contribution is 2.42. The lowest BCUT2D eigenvalue weighted by Gasteiger charge is -2.09. The number of carbonyl (C=O) groups excluding carboxylic acids is 1. The molecule has 1 aliphatic heterocycles. The Kier molecular flexibility index (Phi) is 6.55. The van der Waals surface area contributed by atoms with E-state index in [9.17, 15) is 19.7 Å². The molecule has 0 unspecified atom stereocenters. The lowest BCUT2D eigenvalue weighted by atomic mass is 10.1. The molecule has 0 aliphatic carbocycles. The SMILES string of the molecule is N[C@@H](CCCCNC(=O)OCc1ccc2c(c1[N+](=O)[O-])OCO2)C(=O)O. The van der Waals surface area contributed by atoms with Gasteiger partial charge in [0, 0.05) is 6.54 Å². The van der Waals surface area contributed by atoms with Crippen LogP contribution < -0.4 is 20.5 Å². The Bertz CT molecular complexity index is 694. The summed E-state index contributed by atoms with van der Waals surface area (Å²) in [6, 6.07) is 2.03. The van der Waals surface area contributed by atoms with Crippen LogP contribution in [0.25, 0.3) is 0 Å². The summed E-state index contributed by atoms with van der Waals surface area (Å²) < 4.78 is 15.2. The van der Waals surface area contributed by atoms with E-state index in [1.165, 1.54) is 12.1 Å². The van der Waals surface area contributed by atoms with Crippen molar-refractivity contribution in [2.45, 2.75) is 31.9 Å². The first kappa shape index (κ1) is 19.2. The molecule has 0 bridgehead atoms. The number of nitrogens with two attached hydrogens (primary N) is 1. The Hall–Kier alpha value is -3.08. The number of aliphatic carboxylic acids is 1. The van der Waals surface area contributed by atoms with Crippen LogP contribution in [-0.2, 0) is 16.1 Å². The minimum atomic E-state index is -1.07. The number of nitrogens with one attached hydrogen (secondary N) is 1. The molecule has 11 nitrogen and oxygen atoms in total. The summed E-state index contributed by atoms with van der Waals surface area (Å²) in [6.07, 6.45) is 0.622. The summed E-state index contributed by atoms with van der Waals surface area (Å²) in [5.41, 5.74) is 5.25. The molecule has 1 atom stereocenters. The van der Waals surface area contributed by atoms with Crippen LogP contribution in [0, 0.1) is 10.1 Å². The van der Waals surface area contributed by atoms with Gasteiger partial charge in [0.25, 0.3) is 0 Å². The number of ether oxygens (including phenoxy) is 3. The van der Waals surface area contributed by atoms with Gasteiger partial charge in [-0.05, 0) is 31.4 Å². The predicted octanol–water partition coefficient (Wildman–Crippen LogP) is 1.13. The molecule has 1 aromatic carbocycles. The Labute approximate surface area is 148 Å². The molecule has 11 heteroatoms. The van der Waals surface area contributed by atoms with Gasteiger partial charge < -0.3 is 30.4 Å². The van der Waals surface area contributed by atoms with Gasteiger partial charge in [0.2, 0.25) is 12.5 Å². The summed E-state index contributed by atoms with van der Waals surface area (Å²) in [5, 5.41) is 22.4. The van der Waals surface area contributed by atoms with Crippen molar-refractivity contribution in [1.82, 2.24) is 5.32 Å². The number of fused-ring (bicyclic) bond motifs is 1. The van der Waals surface area contributed by atoms with Crippen molar-refractivity contribution in [3.63, 3.8) is 0 Å². The molecule has 2 rings (SSSR count). The van der Waals surface area contributed by atoms with Gasteiger partial charge in [-0.3, -0.25) is 14.9 Å². The standard InChI is InChI=1S/C15H19N3O8/c16-10(14(19)20)3-1-2-6-17-15(21)24-7-9-4-5-11-13(26-8-25-11)12(9)18(22)23/h4-5,10H,1-3,6-8,16H2,(H,17,21)(H,19,20)/t10-/m0/s1. The number of carboxylic acids is 1. The number of unbranched alkanes of at least 4 members (excludes halogenated alkanes) is 1. The van der Waals surface area contributed by atoms with E-state index in [-0.39, 0.29) is 42.7 Å². The maximum atomic E-state index is 11.7. The topological polar surface area (TPSA) is 163 Å². The fourth-order valence-corrected chi connectivity index (χ4v) is 2.31. The van der Waals surface area contributed by atoms with Crippen LogP contribution in [0.2, 0.25) is 0 Å². The number of hydrogen-bond acceptors (Lipinski definition) is 8. The molecular weight excluding hydrogens is 350 g/mol. The number of alkyl carbamates (subject to hydrolysis) is 1. The zero-order valence-electron chi connectivity index (χ0n) is 13.8. The maximum Gasteiger partial charge on any atom is 0.407 e. The van der Waals surface area contributed by atoms with Gasteiger partial charge in [-0.2, -0.15) is 0 Å². The first-order chi connectivity index (χ1) is 12.4. The number of carboxylic acid groups (broad SMARTS) is 1. The van der Waals surface area contributed by atoms with E-state index in [1.54, 1.807) is 0 Å². The molecule has 0 saturated carbocycles. The molecule has 142 valence electrons. The smallest absolute Gasteiger partial charge is 0.407 e. The third-order valence-electron chi connectivity index (χ3n) is 3.67. The highest BCUT2D eigenvalue weighted by molar-refractivity contribution is 5.73. The van der Waals surface area contributed by atoms with Gasteiger partial charge in [-0.1, -0.05) is 0 Å². The first-order valence-electron chi connectivity index (χ1n) is 7.85. The molecule has 0 saturated heterocycles. The molecule has 4 N–H and O–H groups in total. The van der Waals surface area contributed by atoms with Crippen LogP contribution in [0.1, 0.15) is 24.8 Å². The third kappa shape index (κ3) is 4.96. The number of rotatable bonds is 9. The van der Waals surface area contributed by atoms with Gasteiger partial charge >= 0.3 is 17.7 Å². The fourth-order valence-electron chi connectivity index (χ4n) is 2.31. The number of nitro groups is 1. The van der Waals surface area contributed by atoms with Gasteiger partial charge in [0.05, 0.1) is 10.5 Å². The second-order valence-corrected chi connectivity index (χ2v) is 5.51. The largest absolute Gasteiger partial charge is 0.480 e. The van der Waals surface area contributed by atoms with Crippen molar-refractivity contribution in [1.29, 1.82) is 0 Å². The lowest BCUT2D eigenvalue weighted by Crippen LogP contribution is -2.30. The minimum absolute atomic E-state index is 0.0197. The van der Waals surface area contributed by atoms with E-state index < -0.39 is 23.0 Å². The van der Waals surface area contributed by atoms with E-state index in [1.807, 2.05) is 0 Å². The van der Waals surface area contributed by atoms with Crippen LogP contribution in [0.3, 0.4) is 0 Å². The van der Waals surface area contributed by atoms with Gasteiger partial charge in [-0.25, -0.2) is 4.79 Å². The van der Waals surface area contributed by atoms with Crippen LogP contribution in [0.15, 0.2) is 12.1 Å². The molecule has 26 heavy (non-hydrogen) atoms. The highest BCUT2D eigenvalue weighted by atomic mass is 16.7. The van der Waals surface area contributed by atoms with Crippen molar-refractivity contribution in [2.24, 2.45) is 5.73 Å². The molecule has 1 aliphatic rings. The second-order valence-electron chi connectivity index (χ2n) is 5.51. The monoisotopic (exact) mass is 369 g/mol. The maximum absolute atomic E-state index is 11.7. The Morgan fingerprint density at radius 3 is 2.85 bits per heavy atom. The number of benzene rings is 1. The summed E-state index contributed by atoms with van der Waals surface area (Å²) in [5.74, 6) is -0.779. The lowest BCUT2D eigenvalue weighted by molar-refractivity contribution is -0.386. The average molecular weight is 369 g/mol. The van der Waals surface area contributed by atoms with Crippen molar-refractivity contribution in [3.05, 3.63) is 27.8 Å². The van der Waals surface area contributed by atoms with Crippen molar-refractivity contribution in [2.75, 3.05) is 13.3 Å². The van der Waals surface area contributed by atoms with Crippen LogP contribution in [0.5, 0.6) is 11.5 Å². The second kappa shape index (κ2) is 8.85. The molecule has 1 heterocycles. The minimum Gasteiger partial charge on any atom is -0.480 e. The first-order valence-corrected chi connectivity index (χ1v) is 7.85. The number of nitro benzene ring substituents is 1. The normalized spacial score (nSPS) is 13.1. The van der Waals surface area contributed by atoms with Crippen LogP contribution >= 0.6 is 0 Å². The summed E-state index contributed by atoms with van der Waals surface area (Å²) in [4.78, 5) is 32.8. The zero-order valence-corrected chi connectivity index (χ0v) is 13.8. The molecular formula is C15H19N3O8. The van der Waals surface area contributed by atoms with Gasteiger partial charge in [-0.15, -0.1) is 0 Å². The molecule has 0 aromatic heterocycles. The van der Waals surface area contributed by atoms with Crippen molar-refractivity contribution >= 4 is 17.7 Å². The molecule has 0 radical (unpaired) electrons. The van der Waals surface area contributed by atoms with Gasteiger partial charge in [0.15, 0.2) is 5.75 Å². The third-order valence-corrected chi connectivity index (χ3v) is 3.67. The molecule has 0 fully saturated rings. The Morgan fingerprint density at radius 2 is 2.15 bits per heavy atom. The fraction of sp³-hybridized carbons (Fsp3) is 0.467. The quantitative estimate of drug-likeness (QED) is 0.329. The number of amides is 1. The van der Waals surface area contributed by atoms with Crippen molar-refractivity contribution in [3.8, 4) is 11.5 Å². The summed E-state index contributed by atoms with van der Waals surface area (Å²) >= 11 is 0. The highest BCUT2D eigenvalue weighted by Gasteiger charge is 2.29. The molecule has 0 spiro atoms.